The Labute approximate surface area is 96.4 Å². The fourth-order valence-corrected chi connectivity index (χ4v) is 1.72. The number of rotatable bonds is 10. The average molecular weight is 214 g/mol. The average Bonchev–Trinajstić information content (AvgIpc) is 2.19. The van der Waals surface area contributed by atoms with Gasteiger partial charge < -0.3 is 10.2 Å². The van der Waals surface area contributed by atoms with Crippen molar-refractivity contribution >= 4 is 0 Å². The van der Waals surface area contributed by atoms with Crippen molar-refractivity contribution in [2.75, 3.05) is 27.2 Å². The molecule has 0 aliphatic carbocycles. The van der Waals surface area contributed by atoms with Crippen molar-refractivity contribution < 1.29 is 0 Å². The molecule has 2 heteroatoms. The minimum atomic E-state index is 0.698. The number of nitrogens with zero attached hydrogens (tertiary/aromatic N) is 1. The molecule has 1 N–H and O–H groups in total. The van der Waals surface area contributed by atoms with Crippen molar-refractivity contribution in [3.8, 4) is 0 Å². The molecule has 92 valence electrons. The van der Waals surface area contributed by atoms with E-state index in [-0.39, 0.29) is 0 Å². The van der Waals surface area contributed by atoms with E-state index in [9.17, 15) is 0 Å². The van der Waals surface area contributed by atoms with E-state index in [1.54, 1.807) is 0 Å². The maximum atomic E-state index is 3.59. The van der Waals surface area contributed by atoms with Crippen molar-refractivity contribution in [3.05, 3.63) is 0 Å². The lowest BCUT2D eigenvalue weighted by Gasteiger charge is -2.15. The second-order valence-electron chi connectivity index (χ2n) is 4.86. The summed E-state index contributed by atoms with van der Waals surface area (Å²) in [7, 11) is 4.27. The molecule has 0 aliphatic rings. The maximum Gasteiger partial charge on any atom is 0.00387 e. The third-order valence-electron chi connectivity index (χ3n) is 2.77. The summed E-state index contributed by atoms with van der Waals surface area (Å²) in [6, 6.07) is 0.698. The van der Waals surface area contributed by atoms with Gasteiger partial charge in [-0.25, -0.2) is 0 Å². The molecule has 15 heavy (non-hydrogen) atoms. The molecule has 0 heterocycles. The Balaban J connectivity index is 3.15. The Kier molecular flexibility index (Phi) is 10.4. The Hall–Kier alpha value is -0.0800. The highest BCUT2D eigenvalue weighted by molar-refractivity contribution is 4.61. The van der Waals surface area contributed by atoms with Gasteiger partial charge in [-0.2, -0.15) is 0 Å². The first kappa shape index (κ1) is 14.9. The zero-order chi connectivity index (χ0) is 11.5. The molecule has 0 spiro atoms. The van der Waals surface area contributed by atoms with Crippen LogP contribution in [0.15, 0.2) is 0 Å². The highest BCUT2D eigenvalue weighted by Gasteiger charge is 2.00. The Morgan fingerprint density at radius 3 is 2.40 bits per heavy atom. The van der Waals surface area contributed by atoms with E-state index >= 15 is 0 Å². The van der Waals surface area contributed by atoms with Crippen LogP contribution >= 0.6 is 0 Å². The molecule has 0 aromatic heterocycles. The third kappa shape index (κ3) is 11.8. The van der Waals surface area contributed by atoms with Gasteiger partial charge in [0.1, 0.15) is 0 Å². The molecule has 0 aromatic carbocycles. The lowest BCUT2D eigenvalue weighted by molar-refractivity contribution is 0.383. The van der Waals surface area contributed by atoms with E-state index in [0.29, 0.717) is 6.04 Å². The van der Waals surface area contributed by atoms with Gasteiger partial charge in [0.05, 0.1) is 0 Å². The smallest absolute Gasteiger partial charge is 0.00387 e. The molecule has 2 nitrogen and oxygen atoms in total. The summed E-state index contributed by atoms with van der Waals surface area (Å²) in [6.45, 7) is 6.92. The zero-order valence-electron chi connectivity index (χ0n) is 11.2. The second-order valence-corrected chi connectivity index (χ2v) is 4.86. The monoisotopic (exact) mass is 214 g/mol. The van der Waals surface area contributed by atoms with Crippen LogP contribution in [0.3, 0.4) is 0 Å². The first-order chi connectivity index (χ1) is 7.16. The minimum Gasteiger partial charge on any atom is -0.314 e. The van der Waals surface area contributed by atoms with Gasteiger partial charge in [-0.15, -0.1) is 0 Å². The van der Waals surface area contributed by atoms with Gasteiger partial charge in [-0.3, -0.25) is 0 Å². The fraction of sp³-hybridized carbons (Fsp3) is 1.00. The van der Waals surface area contributed by atoms with Gasteiger partial charge in [0, 0.05) is 6.04 Å². The molecule has 0 saturated carbocycles. The molecule has 0 aliphatic heterocycles. The van der Waals surface area contributed by atoms with E-state index in [1.165, 1.54) is 45.1 Å². The van der Waals surface area contributed by atoms with Crippen molar-refractivity contribution in [2.45, 2.75) is 58.4 Å². The molecular formula is C13H30N2. The van der Waals surface area contributed by atoms with Crippen LogP contribution < -0.4 is 5.32 Å². The van der Waals surface area contributed by atoms with Gasteiger partial charge in [0.15, 0.2) is 0 Å². The van der Waals surface area contributed by atoms with E-state index in [1.807, 2.05) is 0 Å². The summed E-state index contributed by atoms with van der Waals surface area (Å²) in [5, 5.41) is 3.59. The maximum absolute atomic E-state index is 3.59. The molecule has 0 saturated heterocycles. The van der Waals surface area contributed by atoms with Crippen molar-refractivity contribution in [3.63, 3.8) is 0 Å². The molecular weight excluding hydrogens is 184 g/mol. The summed E-state index contributed by atoms with van der Waals surface area (Å²) >= 11 is 0. The fourth-order valence-electron chi connectivity index (χ4n) is 1.72. The molecule has 0 rings (SSSR count). The first-order valence-corrected chi connectivity index (χ1v) is 6.55. The predicted molar refractivity (Wildman–Crippen MR) is 69.4 cm³/mol. The topological polar surface area (TPSA) is 15.3 Å². The quantitative estimate of drug-likeness (QED) is 0.563. The second kappa shape index (κ2) is 10.4. The first-order valence-electron chi connectivity index (χ1n) is 6.55. The van der Waals surface area contributed by atoms with Gasteiger partial charge in [-0.05, 0) is 47.0 Å². The number of nitrogens with one attached hydrogen (secondary N) is 1. The highest BCUT2D eigenvalue weighted by atomic mass is 15.1. The molecule has 0 unspecified atom stereocenters. The number of unbranched alkanes of at least 4 members (excludes halogenated alkanes) is 3. The zero-order valence-corrected chi connectivity index (χ0v) is 11.2. The normalized spacial score (nSPS) is 13.4. The lowest BCUT2D eigenvalue weighted by atomic mass is 10.1. The Morgan fingerprint density at radius 1 is 1.07 bits per heavy atom. The van der Waals surface area contributed by atoms with Crippen molar-refractivity contribution in [1.82, 2.24) is 10.2 Å². The van der Waals surface area contributed by atoms with Crippen LogP contribution in [0.4, 0.5) is 0 Å². The van der Waals surface area contributed by atoms with Crippen LogP contribution in [0.1, 0.15) is 52.4 Å². The lowest BCUT2D eigenvalue weighted by Crippen LogP contribution is -2.29. The van der Waals surface area contributed by atoms with E-state index in [2.05, 4.69) is 38.2 Å². The minimum absolute atomic E-state index is 0.698. The van der Waals surface area contributed by atoms with Crippen LogP contribution in [0.5, 0.6) is 0 Å². The predicted octanol–water partition coefficient (Wildman–Crippen LogP) is 2.89. The number of hydrogen-bond donors (Lipinski definition) is 1. The van der Waals surface area contributed by atoms with Crippen LogP contribution in [-0.4, -0.2) is 38.1 Å². The Bertz CT molecular complexity index is 124. The third-order valence-corrected chi connectivity index (χ3v) is 2.77. The van der Waals surface area contributed by atoms with E-state index in [4.69, 9.17) is 0 Å². The van der Waals surface area contributed by atoms with Crippen molar-refractivity contribution in [2.24, 2.45) is 0 Å². The van der Waals surface area contributed by atoms with Crippen LogP contribution in [0.25, 0.3) is 0 Å². The van der Waals surface area contributed by atoms with Crippen LogP contribution in [-0.2, 0) is 0 Å². The van der Waals surface area contributed by atoms with Gasteiger partial charge >= 0.3 is 0 Å². The van der Waals surface area contributed by atoms with Crippen LogP contribution in [0, 0.1) is 0 Å². The summed E-state index contributed by atoms with van der Waals surface area (Å²) in [5.74, 6) is 0. The molecule has 0 radical (unpaired) electrons. The highest BCUT2D eigenvalue weighted by Crippen LogP contribution is 2.04. The van der Waals surface area contributed by atoms with E-state index in [0.717, 1.165) is 6.54 Å². The van der Waals surface area contributed by atoms with E-state index < -0.39 is 0 Å². The number of hydrogen-bond acceptors (Lipinski definition) is 2. The molecule has 0 amide bonds. The van der Waals surface area contributed by atoms with Crippen molar-refractivity contribution in [1.29, 1.82) is 0 Å². The summed E-state index contributed by atoms with van der Waals surface area (Å²) in [6.07, 6.45) is 8.11. The molecule has 0 fully saturated rings. The van der Waals surface area contributed by atoms with Gasteiger partial charge in [-0.1, -0.05) is 32.6 Å². The standard InChI is InChI=1S/C13H30N2/c1-5-6-7-8-10-13(2)14-11-9-12-15(3)4/h13-14H,5-12H2,1-4H3/t13-/m0/s1. The molecule has 1 atom stereocenters. The molecule has 0 bridgehead atoms. The van der Waals surface area contributed by atoms with Gasteiger partial charge in [0.2, 0.25) is 0 Å². The SMILES string of the molecule is CCCCCC[C@H](C)NCCCN(C)C. The summed E-state index contributed by atoms with van der Waals surface area (Å²) in [4.78, 5) is 2.24. The van der Waals surface area contributed by atoms with Gasteiger partial charge in [0.25, 0.3) is 0 Å². The summed E-state index contributed by atoms with van der Waals surface area (Å²) < 4.78 is 0. The molecule has 0 aromatic rings. The Morgan fingerprint density at radius 2 is 1.80 bits per heavy atom. The van der Waals surface area contributed by atoms with Crippen LogP contribution in [0.2, 0.25) is 0 Å². The largest absolute Gasteiger partial charge is 0.314 e. The summed E-state index contributed by atoms with van der Waals surface area (Å²) in [5.41, 5.74) is 0.